The van der Waals surface area contributed by atoms with E-state index in [9.17, 15) is 24.3 Å². The number of nitrogens with one attached hydrogen (secondary N) is 4. The molecule has 3 aromatic rings. The van der Waals surface area contributed by atoms with Crippen LogP contribution in [0.1, 0.15) is 48.8 Å². The minimum absolute atomic E-state index is 0.0121. The monoisotopic (exact) mass is 432 g/mol. The van der Waals surface area contributed by atoms with Gasteiger partial charge in [-0.05, 0) is 44.5 Å². The first-order valence-electron chi connectivity index (χ1n) is 9.76. The van der Waals surface area contributed by atoms with E-state index >= 15 is 0 Å². The number of aryl methyl sites for hydroxylation is 2. The van der Waals surface area contributed by atoms with Crippen LogP contribution in [0.15, 0.2) is 35.4 Å². The third-order valence-electron chi connectivity index (χ3n) is 5.41. The fourth-order valence-electron chi connectivity index (χ4n) is 3.76. The first kappa shape index (κ1) is 20.9. The molecule has 0 saturated heterocycles. The third-order valence-corrected chi connectivity index (χ3v) is 5.41. The van der Waals surface area contributed by atoms with Gasteiger partial charge in [-0.15, -0.1) is 0 Å². The van der Waals surface area contributed by atoms with Crippen molar-refractivity contribution in [2.75, 3.05) is 10.6 Å². The number of anilines is 2. The number of hydrogen-bond donors (Lipinski definition) is 5. The van der Waals surface area contributed by atoms with Gasteiger partial charge in [0.15, 0.2) is 5.43 Å². The highest BCUT2D eigenvalue weighted by atomic mass is 16.4. The second-order valence-electron chi connectivity index (χ2n) is 7.58. The predicted molar refractivity (Wildman–Crippen MR) is 120 cm³/mol. The van der Waals surface area contributed by atoms with Crippen LogP contribution in [0.4, 0.5) is 11.4 Å². The van der Waals surface area contributed by atoms with Crippen LogP contribution in [0.5, 0.6) is 0 Å². The number of aromatic amines is 2. The molecule has 0 spiro atoms. The zero-order valence-electron chi connectivity index (χ0n) is 17.5. The molecule has 2 amide bonds. The molecule has 4 rings (SSSR count). The number of aromatic carboxylic acids is 1. The molecule has 0 atom stereocenters. The van der Waals surface area contributed by atoms with Gasteiger partial charge in [-0.2, -0.15) is 0 Å². The SMILES string of the molecule is Cc1[nH]c(/C=C2\C(=O)Nc3cc(NC(=O)c4c[nH]cc(C)c4=O)ccc32)c(C)c1C(=O)O. The van der Waals surface area contributed by atoms with E-state index in [1.165, 1.54) is 12.4 Å². The highest BCUT2D eigenvalue weighted by Gasteiger charge is 2.26. The lowest BCUT2D eigenvalue weighted by atomic mass is 10.0. The van der Waals surface area contributed by atoms with Crippen LogP contribution >= 0.6 is 0 Å². The Morgan fingerprint density at radius 3 is 2.53 bits per heavy atom. The Labute approximate surface area is 182 Å². The van der Waals surface area contributed by atoms with Crippen LogP contribution in [0.25, 0.3) is 11.6 Å². The number of amides is 2. The van der Waals surface area contributed by atoms with Crippen molar-refractivity contribution < 1.29 is 19.5 Å². The summed E-state index contributed by atoms with van der Waals surface area (Å²) < 4.78 is 0. The second kappa shape index (κ2) is 7.69. The normalized spacial score (nSPS) is 13.7. The van der Waals surface area contributed by atoms with E-state index in [0.717, 1.165) is 0 Å². The summed E-state index contributed by atoms with van der Waals surface area (Å²) in [7, 11) is 0. The minimum atomic E-state index is -1.04. The molecule has 1 aromatic carbocycles. The second-order valence-corrected chi connectivity index (χ2v) is 7.58. The van der Waals surface area contributed by atoms with Gasteiger partial charge < -0.3 is 25.7 Å². The molecule has 0 saturated carbocycles. The van der Waals surface area contributed by atoms with Crippen LogP contribution in [0.2, 0.25) is 0 Å². The molecular weight excluding hydrogens is 412 g/mol. The number of carboxylic acid groups (broad SMARTS) is 1. The largest absolute Gasteiger partial charge is 0.478 e. The number of H-pyrrole nitrogens is 2. The molecule has 1 aliphatic heterocycles. The molecule has 5 N–H and O–H groups in total. The van der Waals surface area contributed by atoms with E-state index < -0.39 is 11.9 Å². The molecule has 9 heteroatoms. The minimum Gasteiger partial charge on any atom is -0.478 e. The standard InChI is InChI=1S/C23H20N4O5/c1-10-8-24-9-16(20(10)28)22(30)26-13-4-5-14-15(21(29)27-18(14)6-13)7-17-11(2)19(23(31)32)12(3)25-17/h4-9,25H,1-3H3,(H,24,28)(H,26,30)(H,27,29)(H,31,32)/b15-7-. The van der Waals surface area contributed by atoms with Crippen LogP contribution < -0.4 is 16.1 Å². The molecule has 0 fully saturated rings. The molecule has 162 valence electrons. The Hall–Kier alpha value is -4.40. The van der Waals surface area contributed by atoms with E-state index in [1.807, 2.05) is 0 Å². The molecule has 3 heterocycles. The Morgan fingerprint density at radius 1 is 1.09 bits per heavy atom. The van der Waals surface area contributed by atoms with Crippen molar-refractivity contribution in [3.05, 3.63) is 80.0 Å². The summed E-state index contributed by atoms with van der Waals surface area (Å²) in [5, 5.41) is 14.8. The number of aromatic nitrogens is 2. The molecule has 2 aromatic heterocycles. The topological polar surface area (TPSA) is 144 Å². The van der Waals surface area contributed by atoms with Crippen molar-refractivity contribution in [3.8, 4) is 0 Å². The number of hydrogen-bond acceptors (Lipinski definition) is 4. The molecule has 0 aliphatic carbocycles. The maximum Gasteiger partial charge on any atom is 0.337 e. The van der Waals surface area contributed by atoms with Gasteiger partial charge in [0.1, 0.15) is 5.56 Å². The van der Waals surface area contributed by atoms with Crippen LogP contribution in [-0.4, -0.2) is 32.9 Å². The first-order chi connectivity index (χ1) is 15.2. The van der Waals surface area contributed by atoms with E-state index in [4.69, 9.17) is 0 Å². The summed E-state index contributed by atoms with van der Waals surface area (Å²) in [5.74, 6) is -1.94. The van der Waals surface area contributed by atoms with Crippen LogP contribution in [0, 0.1) is 20.8 Å². The van der Waals surface area contributed by atoms with Crippen molar-refractivity contribution in [3.63, 3.8) is 0 Å². The Morgan fingerprint density at radius 2 is 1.84 bits per heavy atom. The van der Waals surface area contributed by atoms with Gasteiger partial charge in [0.05, 0.1) is 16.8 Å². The summed E-state index contributed by atoms with van der Waals surface area (Å²) in [6.07, 6.45) is 4.47. The van der Waals surface area contributed by atoms with E-state index in [0.29, 0.717) is 45.0 Å². The lowest BCUT2D eigenvalue weighted by molar-refractivity contribution is -0.110. The van der Waals surface area contributed by atoms with Gasteiger partial charge in [-0.1, -0.05) is 6.07 Å². The van der Waals surface area contributed by atoms with Crippen molar-refractivity contribution in [2.45, 2.75) is 20.8 Å². The van der Waals surface area contributed by atoms with Gasteiger partial charge in [-0.3, -0.25) is 14.4 Å². The van der Waals surface area contributed by atoms with Crippen molar-refractivity contribution >= 4 is 40.8 Å². The van der Waals surface area contributed by atoms with Crippen molar-refractivity contribution in [2.24, 2.45) is 0 Å². The van der Waals surface area contributed by atoms with E-state index in [2.05, 4.69) is 20.6 Å². The highest BCUT2D eigenvalue weighted by Crippen LogP contribution is 2.35. The summed E-state index contributed by atoms with van der Waals surface area (Å²) in [6.45, 7) is 4.95. The average Bonchev–Trinajstić information content (AvgIpc) is 3.18. The number of pyridine rings is 1. The van der Waals surface area contributed by atoms with Crippen LogP contribution in [-0.2, 0) is 4.79 Å². The quantitative estimate of drug-likeness (QED) is 0.403. The smallest absolute Gasteiger partial charge is 0.337 e. The molecule has 0 radical (unpaired) electrons. The zero-order valence-corrected chi connectivity index (χ0v) is 17.5. The van der Waals surface area contributed by atoms with Crippen molar-refractivity contribution in [1.82, 2.24) is 9.97 Å². The maximum absolute atomic E-state index is 12.6. The number of carbonyl (C=O) groups excluding carboxylic acids is 2. The maximum atomic E-state index is 12.6. The fraction of sp³-hybridized carbons (Fsp3) is 0.130. The van der Waals surface area contributed by atoms with Gasteiger partial charge >= 0.3 is 5.97 Å². The summed E-state index contributed by atoms with van der Waals surface area (Å²) in [4.78, 5) is 54.5. The lowest BCUT2D eigenvalue weighted by Crippen LogP contribution is -2.22. The molecule has 0 bridgehead atoms. The number of carboxylic acids is 1. The third kappa shape index (κ3) is 3.49. The molecule has 0 unspecified atom stereocenters. The predicted octanol–water partition coefficient (Wildman–Crippen LogP) is 3.07. The number of benzene rings is 1. The molecule has 9 nitrogen and oxygen atoms in total. The summed E-state index contributed by atoms with van der Waals surface area (Å²) in [5.41, 5.74) is 3.70. The summed E-state index contributed by atoms with van der Waals surface area (Å²) in [6, 6.07) is 4.91. The molecular formula is C23H20N4O5. The van der Waals surface area contributed by atoms with E-state index in [-0.39, 0.29) is 22.5 Å². The average molecular weight is 432 g/mol. The summed E-state index contributed by atoms with van der Waals surface area (Å²) >= 11 is 0. The Balaban J connectivity index is 1.65. The van der Waals surface area contributed by atoms with Crippen LogP contribution in [0.3, 0.4) is 0 Å². The van der Waals surface area contributed by atoms with Gasteiger partial charge in [0.2, 0.25) is 0 Å². The molecule has 1 aliphatic rings. The van der Waals surface area contributed by atoms with Gasteiger partial charge in [0.25, 0.3) is 11.8 Å². The Kier molecular flexibility index (Phi) is 5.01. The number of carbonyl (C=O) groups is 3. The van der Waals surface area contributed by atoms with Gasteiger partial charge in [-0.25, -0.2) is 4.79 Å². The van der Waals surface area contributed by atoms with Crippen molar-refractivity contribution in [1.29, 1.82) is 0 Å². The lowest BCUT2D eigenvalue weighted by Gasteiger charge is -2.07. The Bertz CT molecular complexity index is 1390. The fourth-order valence-corrected chi connectivity index (χ4v) is 3.76. The molecule has 32 heavy (non-hydrogen) atoms. The van der Waals surface area contributed by atoms with E-state index in [1.54, 1.807) is 45.0 Å². The number of fused-ring (bicyclic) bond motifs is 1. The van der Waals surface area contributed by atoms with Gasteiger partial charge in [0, 0.05) is 40.6 Å². The zero-order chi connectivity index (χ0) is 23.2. The number of rotatable bonds is 4. The highest BCUT2D eigenvalue weighted by molar-refractivity contribution is 6.35. The first-order valence-corrected chi connectivity index (χ1v) is 9.76.